The van der Waals surface area contributed by atoms with E-state index in [2.05, 4.69) is 141 Å². The maximum Gasteiger partial charge on any atom is 0.0944 e. The minimum Gasteiger partial charge on any atom is -0.371 e. The van der Waals surface area contributed by atoms with E-state index in [1.165, 1.54) is 33.4 Å². The first-order valence-electron chi connectivity index (χ1n) is 12.9. The Kier molecular flexibility index (Phi) is 4.90. The van der Waals surface area contributed by atoms with Crippen LogP contribution in [0.25, 0.3) is 33.6 Å². The van der Waals surface area contributed by atoms with Gasteiger partial charge in [-0.3, -0.25) is 0 Å². The van der Waals surface area contributed by atoms with Gasteiger partial charge in [0.15, 0.2) is 0 Å². The van der Waals surface area contributed by atoms with Gasteiger partial charge in [0, 0.05) is 11.0 Å². The predicted octanol–water partition coefficient (Wildman–Crippen LogP) is 8.02. The van der Waals surface area contributed by atoms with Gasteiger partial charge >= 0.3 is 0 Å². The Hall–Kier alpha value is -4.43. The number of fused-ring (bicyclic) bond motifs is 4. The van der Waals surface area contributed by atoms with Gasteiger partial charge in [0.2, 0.25) is 0 Å². The Morgan fingerprint density at radius 3 is 2.16 bits per heavy atom. The molecule has 1 N–H and O–H groups in total. The first-order valence-corrected chi connectivity index (χ1v) is 12.9. The second-order valence-corrected chi connectivity index (χ2v) is 10.5. The molecule has 0 fully saturated rings. The largest absolute Gasteiger partial charge is 0.371 e. The summed E-state index contributed by atoms with van der Waals surface area (Å²) in [5.41, 5.74) is 13.2. The van der Waals surface area contributed by atoms with Crippen molar-refractivity contribution >= 4 is 17.1 Å². The molecule has 0 amide bonds. The van der Waals surface area contributed by atoms with Crippen molar-refractivity contribution in [2.24, 2.45) is 4.99 Å². The van der Waals surface area contributed by atoms with Crippen LogP contribution >= 0.6 is 0 Å². The molecule has 1 aliphatic heterocycles. The van der Waals surface area contributed by atoms with Crippen molar-refractivity contribution in [2.45, 2.75) is 25.3 Å². The van der Waals surface area contributed by atoms with E-state index >= 15 is 0 Å². The summed E-state index contributed by atoms with van der Waals surface area (Å²) in [5.74, 6) is 0. The van der Waals surface area contributed by atoms with Crippen molar-refractivity contribution in [3.63, 3.8) is 0 Å². The molecule has 4 aromatic rings. The number of allylic oxidation sites excluding steroid dienone is 2. The Labute approximate surface area is 218 Å². The number of benzene rings is 4. The van der Waals surface area contributed by atoms with Crippen LogP contribution < -0.4 is 5.32 Å². The first-order chi connectivity index (χ1) is 18.1. The molecule has 0 spiro atoms. The van der Waals surface area contributed by atoms with Crippen LogP contribution in [0, 0.1) is 0 Å². The van der Waals surface area contributed by atoms with E-state index in [1.807, 2.05) is 0 Å². The molecule has 0 aromatic heterocycles. The van der Waals surface area contributed by atoms with Gasteiger partial charge in [-0.15, -0.1) is 0 Å². The van der Waals surface area contributed by atoms with Crippen molar-refractivity contribution < 1.29 is 0 Å². The molecular formula is C35H28N2. The molecule has 7 rings (SSSR count). The van der Waals surface area contributed by atoms with Gasteiger partial charge in [-0.2, -0.15) is 0 Å². The van der Waals surface area contributed by atoms with E-state index in [0.29, 0.717) is 0 Å². The van der Waals surface area contributed by atoms with Crippen LogP contribution in [0.15, 0.2) is 126 Å². The van der Waals surface area contributed by atoms with Crippen LogP contribution in [0.1, 0.15) is 36.1 Å². The van der Waals surface area contributed by atoms with Crippen molar-refractivity contribution in [3.05, 3.63) is 144 Å². The number of hydrogen-bond acceptors (Lipinski definition) is 2. The third-order valence-electron chi connectivity index (χ3n) is 7.92. The van der Waals surface area contributed by atoms with Gasteiger partial charge in [0.1, 0.15) is 0 Å². The Bertz CT molecular complexity index is 1650. The topological polar surface area (TPSA) is 24.4 Å². The Morgan fingerprint density at radius 1 is 0.649 bits per heavy atom. The molecule has 1 unspecified atom stereocenters. The highest BCUT2D eigenvalue weighted by atomic mass is 15.0. The van der Waals surface area contributed by atoms with E-state index < -0.39 is 0 Å². The fourth-order valence-corrected chi connectivity index (χ4v) is 5.91. The zero-order valence-electron chi connectivity index (χ0n) is 21.1. The fraction of sp³-hybridized carbons (Fsp3) is 0.114. The number of rotatable bonds is 3. The second-order valence-electron chi connectivity index (χ2n) is 10.5. The molecule has 178 valence electrons. The van der Waals surface area contributed by atoms with E-state index in [0.717, 1.165) is 28.2 Å². The molecule has 0 saturated heterocycles. The maximum absolute atomic E-state index is 5.23. The van der Waals surface area contributed by atoms with Crippen LogP contribution in [-0.2, 0) is 5.41 Å². The van der Waals surface area contributed by atoms with Crippen molar-refractivity contribution in [3.8, 4) is 22.3 Å². The molecule has 1 heterocycles. The van der Waals surface area contributed by atoms with Gasteiger partial charge in [-0.25, -0.2) is 4.99 Å². The lowest BCUT2D eigenvalue weighted by Gasteiger charge is -2.28. The van der Waals surface area contributed by atoms with Gasteiger partial charge < -0.3 is 5.32 Å². The van der Waals surface area contributed by atoms with Crippen molar-refractivity contribution in [2.75, 3.05) is 0 Å². The summed E-state index contributed by atoms with van der Waals surface area (Å²) in [6.07, 6.45) is 8.44. The normalized spacial score (nSPS) is 18.5. The quantitative estimate of drug-likeness (QED) is 0.318. The lowest BCUT2D eigenvalue weighted by molar-refractivity contribution is 0.660. The van der Waals surface area contributed by atoms with Crippen LogP contribution in [0.5, 0.6) is 0 Å². The standard InChI is InChI=1S/C35H28N2/c1-35(2)29-13-7-6-12-27(29)28-21-20-26(22-30(28)35)34-33(36-31-14-8-9-15-32(31)37-34)25-18-16-24(17-19-25)23-10-4-3-5-11-23/h3-22,31,36H,1-2H3. The Balaban J connectivity index is 1.37. The molecule has 0 bridgehead atoms. The molecule has 3 aliphatic rings. The summed E-state index contributed by atoms with van der Waals surface area (Å²) < 4.78 is 0. The molecular weight excluding hydrogens is 448 g/mol. The van der Waals surface area contributed by atoms with Crippen LogP contribution in [0.3, 0.4) is 0 Å². The average molecular weight is 477 g/mol. The molecule has 0 saturated carbocycles. The third-order valence-corrected chi connectivity index (χ3v) is 7.92. The second kappa shape index (κ2) is 8.31. The van der Waals surface area contributed by atoms with E-state index in [4.69, 9.17) is 4.99 Å². The predicted molar refractivity (Wildman–Crippen MR) is 155 cm³/mol. The summed E-state index contributed by atoms with van der Waals surface area (Å²) in [7, 11) is 0. The molecule has 1 atom stereocenters. The summed E-state index contributed by atoms with van der Waals surface area (Å²) in [6, 6.07) is 35.1. The van der Waals surface area contributed by atoms with Crippen LogP contribution in [0.2, 0.25) is 0 Å². The molecule has 2 aliphatic carbocycles. The highest BCUT2D eigenvalue weighted by Crippen LogP contribution is 2.49. The summed E-state index contributed by atoms with van der Waals surface area (Å²) in [4.78, 5) is 5.23. The van der Waals surface area contributed by atoms with Gasteiger partial charge in [-0.1, -0.05) is 123 Å². The minimum atomic E-state index is -0.0504. The summed E-state index contributed by atoms with van der Waals surface area (Å²) >= 11 is 0. The van der Waals surface area contributed by atoms with Gasteiger partial charge in [0.25, 0.3) is 0 Å². The number of nitrogens with one attached hydrogen (secondary N) is 1. The number of aliphatic imine (C=N–C) groups is 1. The van der Waals surface area contributed by atoms with E-state index in [-0.39, 0.29) is 11.5 Å². The van der Waals surface area contributed by atoms with Crippen molar-refractivity contribution in [1.29, 1.82) is 0 Å². The highest BCUT2D eigenvalue weighted by molar-refractivity contribution is 6.10. The lowest BCUT2D eigenvalue weighted by Crippen LogP contribution is -2.37. The smallest absolute Gasteiger partial charge is 0.0944 e. The molecule has 37 heavy (non-hydrogen) atoms. The van der Waals surface area contributed by atoms with Crippen LogP contribution in [0.4, 0.5) is 0 Å². The zero-order valence-corrected chi connectivity index (χ0v) is 21.1. The lowest BCUT2D eigenvalue weighted by atomic mass is 9.81. The fourth-order valence-electron chi connectivity index (χ4n) is 5.91. The number of hydrogen-bond donors (Lipinski definition) is 1. The van der Waals surface area contributed by atoms with Gasteiger partial charge in [-0.05, 0) is 51.1 Å². The third kappa shape index (κ3) is 3.52. The highest BCUT2D eigenvalue weighted by Gasteiger charge is 2.36. The van der Waals surface area contributed by atoms with E-state index in [9.17, 15) is 0 Å². The first kappa shape index (κ1) is 21.8. The zero-order chi connectivity index (χ0) is 25.0. The SMILES string of the molecule is CC1(C)c2ccccc2-c2ccc(C3=C(c4ccc(-c5ccccc5)cc4)NC4C=CC=CC4=N3)cc21. The number of nitrogens with zero attached hydrogens (tertiary/aromatic N) is 1. The maximum atomic E-state index is 5.23. The monoisotopic (exact) mass is 476 g/mol. The molecule has 2 heteroatoms. The molecule has 2 nitrogen and oxygen atoms in total. The van der Waals surface area contributed by atoms with Crippen molar-refractivity contribution in [1.82, 2.24) is 5.32 Å². The van der Waals surface area contributed by atoms with Crippen LogP contribution in [-0.4, -0.2) is 11.8 Å². The average Bonchev–Trinajstić information content (AvgIpc) is 3.19. The van der Waals surface area contributed by atoms with Gasteiger partial charge in [0.05, 0.1) is 23.1 Å². The van der Waals surface area contributed by atoms with E-state index in [1.54, 1.807) is 0 Å². The minimum absolute atomic E-state index is 0.0504. The summed E-state index contributed by atoms with van der Waals surface area (Å²) in [5, 5.41) is 3.80. The summed E-state index contributed by atoms with van der Waals surface area (Å²) in [6.45, 7) is 4.66. The molecule has 4 aromatic carbocycles. The molecule has 0 radical (unpaired) electrons. The Morgan fingerprint density at radius 2 is 1.32 bits per heavy atom.